The summed E-state index contributed by atoms with van der Waals surface area (Å²) in [5.74, 6) is -1.71. The topological polar surface area (TPSA) is 37.4 Å². The molecule has 0 unspecified atom stereocenters. The standard InChI is InChI=1S/C9H5BrFNO2/c1-12-7-3-6(11)5(10)2-4(7)8(13)9(12)14/h2-3H,1H3. The predicted octanol–water partition coefficient (Wildman–Crippen LogP) is 1.75. The van der Waals surface area contributed by atoms with Crippen LogP contribution in [0.3, 0.4) is 0 Å². The van der Waals surface area contributed by atoms with Crippen molar-refractivity contribution in [2.75, 3.05) is 11.9 Å². The number of Topliss-reactive ketones (excluding diaryl/α,β-unsaturated/α-hetero) is 1. The molecule has 1 amide bonds. The minimum absolute atomic E-state index is 0.188. The number of nitrogens with zero attached hydrogens (tertiary/aromatic N) is 1. The SMILES string of the molecule is CN1C(=O)C(=O)c2cc(Br)c(F)cc21. The fraction of sp³-hybridized carbons (Fsp3) is 0.111. The van der Waals surface area contributed by atoms with Crippen molar-refractivity contribution in [3.8, 4) is 0 Å². The number of ketones is 1. The third-order valence-corrected chi connectivity index (χ3v) is 2.75. The lowest BCUT2D eigenvalue weighted by atomic mass is 10.1. The summed E-state index contributed by atoms with van der Waals surface area (Å²) in [4.78, 5) is 23.7. The van der Waals surface area contributed by atoms with Crippen LogP contribution in [-0.4, -0.2) is 18.7 Å². The van der Waals surface area contributed by atoms with E-state index in [2.05, 4.69) is 15.9 Å². The van der Waals surface area contributed by atoms with Crippen LogP contribution < -0.4 is 4.90 Å². The molecule has 0 saturated heterocycles. The van der Waals surface area contributed by atoms with E-state index in [9.17, 15) is 14.0 Å². The number of rotatable bonds is 0. The molecule has 0 N–H and O–H groups in total. The molecule has 1 aromatic carbocycles. The van der Waals surface area contributed by atoms with E-state index in [0.29, 0.717) is 5.69 Å². The number of hydrogen-bond donors (Lipinski definition) is 0. The number of anilines is 1. The van der Waals surface area contributed by atoms with Crippen molar-refractivity contribution in [1.82, 2.24) is 0 Å². The Bertz CT molecular complexity index is 458. The zero-order chi connectivity index (χ0) is 10.5. The molecule has 3 nitrogen and oxygen atoms in total. The molecule has 5 heteroatoms. The van der Waals surface area contributed by atoms with E-state index < -0.39 is 17.5 Å². The van der Waals surface area contributed by atoms with Gasteiger partial charge in [-0.1, -0.05) is 0 Å². The summed E-state index contributed by atoms with van der Waals surface area (Å²) >= 11 is 2.96. The van der Waals surface area contributed by atoms with Crippen molar-refractivity contribution >= 4 is 33.3 Å². The number of hydrogen-bond acceptors (Lipinski definition) is 2. The molecule has 0 atom stereocenters. The van der Waals surface area contributed by atoms with Gasteiger partial charge >= 0.3 is 0 Å². The third-order valence-electron chi connectivity index (χ3n) is 2.14. The van der Waals surface area contributed by atoms with Crippen LogP contribution in [0.1, 0.15) is 10.4 Å². The fourth-order valence-electron chi connectivity index (χ4n) is 1.37. The van der Waals surface area contributed by atoms with E-state index >= 15 is 0 Å². The fourth-order valence-corrected chi connectivity index (χ4v) is 1.72. The molecule has 1 heterocycles. The number of fused-ring (bicyclic) bond motifs is 1. The monoisotopic (exact) mass is 257 g/mol. The van der Waals surface area contributed by atoms with Gasteiger partial charge in [0.25, 0.3) is 11.7 Å². The molecule has 1 aromatic rings. The highest BCUT2D eigenvalue weighted by Crippen LogP contribution is 2.31. The van der Waals surface area contributed by atoms with Gasteiger partial charge in [-0.05, 0) is 28.1 Å². The summed E-state index contributed by atoms with van der Waals surface area (Å²) in [5.41, 5.74) is 0.562. The van der Waals surface area contributed by atoms with Gasteiger partial charge in [0.05, 0.1) is 15.7 Å². The number of benzene rings is 1. The second-order valence-electron chi connectivity index (χ2n) is 2.98. The second-order valence-corrected chi connectivity index (χ2v) is 3.83. The molecule has 1 aliphatic heterocycles. The average molecular weight is 258 g/mol. The largest absolute Gasteiger partial charge is 0.308 e. The van der Waals surface area contributed by atoms with Gasteiger partial charge in [-0.25, -0.2) is 4.39 Å². The van der Waals surface area contributed by atoms with Crippen LogP contribution in [0.15, 0.2) is 16.6 Å². The number of carbonyl (C=O) groups excluding carboxylic acids is 2. The maximum absolute atomic E-state index is 13.1. The number of likely N-dealkylation sites (N-methyl/N-ethyl adjacent to an activating group) is 1. The molecule has 14 heavy (non-hydrogen) atoms. The van der Waals surface area contributed by atoms with Crippen molar-refractivity contribution in [2.45, 2.75) is 0 Å². The van der Waals surface area contributed by atoms with Gasteiger partial charge in [0, 0.05) is 7.05 Å². The van der Waals surface area contributed by atoms with E-state index in [-0.39, 0.29) is 10.0 Å². The van der Waals surface area contributed by atoms with Gasteiger partial charge in [-0.3, -0.25) is 9.59 Å². The lowest BCUT2D eigenvalue weighted by Gasteiger charge is -2.08. The minimum Gasteiger partial charge on any atom is -0.308 e. The number of halogens is 2. The van der Waals surface area contributed by atoms with Gasteiger partial charge in [-0.15, -0.1) is 0 Å². The number of amides is 1. The maximum Gasteiger partial charge on any atom is 0.299 e. The van der Waals surface area contributed by atoms with Crippen molar-refractivity contribution in [3.63, 3.8) is 0 Å². The van der Waals surface area contributed by atoms with E-state index in [1.807, 2.05) is 0 Å². The Labute approximate surface area is 87.6 Å². The van der Waals surface area contributed by atoms with Gasteiger partial charge in [0.1, 0.15) is 5.82 Å². The second kappa shape index (κ2) is 2.88. The predicted molar refractivity (Wildman–Crippen MR) is 51.8 cm³/mol. The van der Waals surface area contributed by atoms with Gasteiger partial charge in [0.15, 0.2) is 0 Å². The van der Waals surface area contributed by atoms with Crippen LogP contribution in [0.4, 0.5) is 10.1 Å². The highest BCUT2D eigenvalue weighted by Gasteiger charge is 2.34. The first-order valence-electron chi connectivity index (χ1n) is 3.84. The van der Waals surface area contributed by atoms with E-state index in [1.165, 1.54) is 19.2 Å². The molecule has 0 bridgehead atoms. The summed E-state index contributed by atoms with van der Waals surface area (Å²) in [7, 11) is 1.44. The first-order chi connectivity index (χ1) is 6.52. The lowest BCUT2D eigenvalue weighted by Crippen LogP contribution is -2.24. The summed E-state index contributed by atoms with van der Waals surface area (Å²) in [6.07, 6.45) is 0. The van der Waals surface area contributed by atoms with Gasteiger partial charge in [0.2, 0.25) is 0 Å². The Balaban J connectivity index is 2.71. The quantitative estimate of drug-likeness (QED) is 0.665. The van der Waals surface area contributed by atoms with Crippen LogP contribution in [-0.2, 0) is 4.79 Å². The molecule has 2 rings (SSSR count). The lowest BCUT2D eigenvalue weighted by molar-refractivity contribution is -0.114. The van der Waals surface area contributed by atoms with Crippen molar-refractivity contribution in [3.05, 3.63) is 28.0 Å². The van der Waals surface area contributed by atoms with E-state index in [0.717, 1.165) is 4.90 Å². The summed E-state index contributed by atoms with van der Waals surface area (Å²) in [5, 5.41) is 0. The minimum atomic E-state index is -0.627. The van der Waals surface area contributed by atoms with E-state index in [4.69, 9.17) is 0 Å². The normalized spacial score (nSPS) is 14.9. The molecule has 72 valence electrons. The third kappa shape index (κ3) is 1.09. The Kier molecular flexibility index (Phi) is 1.92. The maximum atomic E-state index is 13.1. The van der Waals surface area contributed by atoms with Crippen LogP contribution in [0, 0.1) is 5.82 Å². The molecule has 0 radical (unpaired) electrons. The average Bonchev–Trinajstić information content (AvgIpc) is 2.34. The van der Waals surface area contributed by atoms with Crippen LogP contribution >= 0.6 is 15.9 Å². The molecule has 0 aliphatic carbocycles. The Morgan fingerprint density at radius 1 is 1.36 bits per heavy atom. The summed E-state index contributed by atoms with van der Waals surface area (Å²) < 4.78 is 13.3. The molecule has 0 fully saturated rings. The van der Waals surface area contributed by atoms with Crippen LogP contribution in [0.25, 0.3) is 0 Å². The van der Waals surface area contributed by atoms with Gasteiger partial charge in [-0.2, -0.15) is 0 Å². The molecule has 0 spiro atoms. The highest BCUT2D eigenvalue weighted by molar-refractivity contribution is 9.10. The van der Waals surface area contributed by atoms with Crippen molar-refractivity contribution < 1.29 is 14.0 Å². The first-order valence-corrected chi connectivity index (χ1v) is 4.63. The molecule has 1 aliphatic rings. The van der Waals surface area contributed by atoms with E-state index in [1.54, 1.807) is 0 Å². The molecule has 0 saturated carbocycles. The summed E-state index contributed by atoms with van der Waals surface area (Å²) in [6, 6.07) is 2.50. The zero-order valence-corrected chi connectivity index (χ0v) is 8.76. The zero-order valence-electron chi connectivity index (χ0n) is 7.17. The number of carbonyl (C=O) groups is 2. The van der Waals surface area contributed by atoms with Gasteiger partial charge < -0.3 is 4.90 Å². The van der Waals surface area contributed by atoms with Crippen LogP contribution in [0.2, 0.25) is 0 Å². The van der Waals surface area contributed by atoms with Crippen molar-refractivity contribution in [1.29, 1.82) is 0 Å². The van der Waals surface area contributed by atoms with Crippen LogP contribution in [0.5, 0.6) is 0 Å². The Morgan fingerprint density at radius 2 is 2.00 bits per heavy atom. The molecular weight excluding hydrogens is 253 g/mol. The molecular formula is C9H5BrFNO2. The smallest absolute Gasteiger partial charge is 0.299 e. The Hall–Kier alpha value is -1.23. The summed E-state index contributed by atoms with van der Waals surface area (Å²) in [6.45, 7) is 0. The first kappa shape index (κ1) is 9.33. The highest BCUT2D eigenvalue weighted by atomic mass is 79.9. The Morgan fingerprint density at radius 3 is 2.64 bits per heavy atom. The van der Waals surface area contributed by atoms with Crippen molar-refractivity contribution in [2.24, 2.45) is 0 Å². The molecule has 0 aromatic heterocycles.